The molecule has 0 aromatic heterocycles. The lowest BCUT2D eigenvalue weighted by atomic mass is 9.83. The minimum Gasteiger partial charge on any atom is -0.391 e. The first-order chi connectivity index (χ1) is 4.88. The number of fused-ring (bicyclic) bond motifs is 1. The van der Waals surface area contributed by atoms with Crippen molar-refractivity contribution >= 4 is 0 Å². The van der Waals surface area contributed by atoms with Gasteiger partial charge in [0.25, 0.3) is 0 Å². The molecule has 2 rings (SSSR count). The van der Waals surface area contributed by atoms with Gasteiger partial charge in [-0.15, -0.1) is 0 Å². The molecule has 2 N–H and O–H groups in total. The molecule has 0 spiro atoms. The van der Waals surface area contributed by atoms with Crippen molar-refractivity contribution in [3.8, 4) is 0 Å². The second-order valence-electron chi connectivity index (χ2n) is 3.53. The highest BCUT2D eigenvalue weighted by Gasteiger charge is 2.34. The van der Waals surface area contributed by atoms with Gasteiger partial charge in [0.05, 0.1) is 6.10 Å². The predicted molar refractivity (Wildman–Crippen MR) is 46.5 cm³/mol. The Morgan fingerprint density at radius 3 is 2.73 bits per heavy atom. The lowest BCUT2D eigenvalue weighted by molar-refractivity contribution is 0.0779. The lowest BCUT2D eigenvalue weighted by Crippen LogP contribution is -2.41. The van der Waals surface area contributed by atoms with E-state index in [-0.39, 0.29) is 13.5 Å². The van der Waals surface area contributed by atoms with Crippen LogP contribution in [0, 0.1) is 5.92 Å². The van der Waals surface area contributed by atoms with Gasteiger partial charge in [0.1, 0.15) is 0 Å². The second-order valence-corrected chi connectivity index (χ2v) is 3.53. The van der Waals surface area contributed by atoms with Gasteiger partial charge < -0.3 is 10.4 Å². The van der Waals surface area contributed by atoms with Crippen molar-refractivity contribution < 1.29 is 5.11 Å². The average Bonchev–Trinajstić information content (AvgIpc) is 2.36. The van der Waals surface area contributed by atoms with Crippen molar-refractivity contribution in [3.05, 3.63) is 0 Å². The van der Waals surface area contributed by atoms with Crippen molar-refractivity contribution in [1.82, 2.24) is 5.32 Å². The standard InChI is InChI=1S/C8H15NO.CH4/c10-7-3-1-2-6-4-5-9-8(6)7;/h6-10H,1-5H2;1H4. The SMILES string of the molecule is C.OC1CCCC2CCNC12. The fraction of sp³-hybridized carbons (Fsp3) is 1.00. The molecule has 2 nitrogen and oxygen atoms in total. The van der Waals surface area contributed by atoms with Gasteiger partial charge in [0.2, 0.25) is 0 Å². The zero-order chi connectivity index (χ0) is 6.97. The van der Waals surface area contributed by atoms with Crippen LogP contribution in [0.4, 0.5) is 0 Å². The molecular formula is C9H19NO. The molecular weight excluding hydrogens is 138 g/mol. The van der Waals surface area contributed by atoms with Gasteiger partial charge in [-0.2, -0.15) is 0 Å². The molecule has 0 amide bonds. The zero-order valence-electron chi connectivity index (χ0n) is 6.21. The van der Waals surface area contributed by atoms with E-state index in [0.717, 1.165) is 18.9 Å². The van der Waals surface area contributed by atoms with Crippen LogP contribution in [0.5, 0.6) is 0 Å². The molecule has 0 aromatic rings. The number of aliphatic hydroxyl groups is 1. The summed E-state index contributed by atoms with van der Waals surface area (Å²) in [5.41, 5.74) is 0. The van der Waals surface area contributed by atoms with E-state index >= 15 is 0 Å². The Bertz CT molecular complexity index is 127. The van der Waals surface area contributed by atoms with Crippen LogP contribution >= 0.6 is 0 Å². The molecule has 3 unspecified atom stereocenters. The van der Waals surface area contributed by atoms with Crippen LogP contribution in [-0.4, -0.2) is 23.8 Å². The Morgan fingerprint density at radius 2 is 2.00 bits per heavy atom. The molecule has 2 heteroatoms. The smallest absolute Gasteiger partial charge is 0.0695 e. The summed E-state index contributed by atoms with van der Waals surface area (Å²) < 4.78 is 0. The van der Waals surface area contributed by atoms with Crippen molar-refractivity contribution in [1.29, 1.82) is 0 Å². The van der Waals surface area contributed by atoms with Gasteiger partial charge in [-0.25, -0.2) is 0 Å². The van der Waals surface area contributed by atoms with Crippen LogP contribution in [0.25, 0.3) is 0 Å². The third-order valence-electron chi connectivity index (χ3n) is 2.89. The van der Waals surface area contributed by atoms with Crippen LogP contribution < -0.4 is 5.32 Å². The summed E-state index contributed by atoms with van der Waals surface area (Å²) in [6.45, 7) is 1.12. The summed E-state index contributed by atoms with van der Waals surface area (Å²) in [6, 6.07) is 0.439. The second kappa shape index (κ2) is 3.55. The van der Waals surface area contributed by atoms with Crippen molar-refractivity contribution in [2.24, 2.45) is 5.92 Å². The monoisotopic (exact) mass is 157 g/mol. The largest absolute Gasteiger partial charge is 0.391 e. The predicted octanol–water partition coefficient (Wildman–Crippen LogP) is 1.15. The summed E-state index contributed by atoms with van der Waals surface area (Å²) in [7, 11) is 0. The quantitative estimate of drug-likeness (QED) is 0.553. The molecule has 0 radical (unpaired) electrons. The summed E-state index contributed by atoms with van der Waals surface area (Å²) in [4.78, 5) is 0. The Labute approximate surface area is 69.0 Å². The zero-order valence-corrected chi connectivity index (χ0v) is 6.21. The van der Waals surface area contributed by atoms with Crippen LogP contribution in [0.2, 0.25) is 0 Å². The van der Waals surface area contributed by atoms with Gasteiger partial charge in [-0.3, -0.25) is 0 Å². The number of nitrogens with one attached hydrogen (secondary N) is 1. The molecule has 0 aromatic carbocycles. The van der Waals surface area contributed by atoms with E-state index < -0.39 is 0 Å². The molecule has 1 saturated carbocycles. The number of aliphatic hydroxyl groups excluding tert-OH is 1. The summed E-state index contributed by atoms with van der Waals surface area (Å²) in [5.74, 6) is 0.781. The van der Waals surface area contributed by atoms with Gasteiger partial charge in [-0.1, -0.05) is 13.8 Å². The maximum atomic E-state index is 9.52. The number of rotatable bonds is 0. The molecule has 11 heavy (non-hydrogen) atoms. The van der Waals surface area contributed by atoms with Crippen LogP contribution in [-0.2, 0) is 0 Å². The molecule has 66 valence electrons. The topological polar surface area (TPSA) is 32.3 Å². The third-order valence-corrected chi connectivity index (χ3v) is 2.89. The maximum Gasteiger partial charge on any atom is 0.0695 e. The van der Waals surface area contributed by atoms with E-state index in [1.54, 1.807) is 0 Å². The summed E-state index contributed by atoms with van der Waals surface area (Å²) in [5, 5.41) is 12.9. The van der Waals surface area contributed by atoms with Gasteiger partial charge in [-0.05, 0) is 31.7 Å². The van der Waals surface area contributed by atoms with E-state index in [0.29, 0.717) is 6.04 Å². The van der Waals surface area contributed by atoms with Gasteiger partial charge in [0, 0.05) is 6.04 Å². The minimum absolute atomic E-state index is 0. The fourth-order valence-electron chi connectivity index (χ4n) is 2.32. The molecule has 2 aliphatic rings. The summed E-state index contributed by atoms with van der Waals surface area (Å²) in [6.07, 6.45) is 4.79. The van der Waals surface area contributed by atoms with Crippen molar-refractivity contribution in [2.75, 3.05) is 6.54 Å². The Morgan fingerprint density at radius 1 is 1.18 bits per heavy atom. The Hall–Kier alpha value is -0.0800. The molecule has 1 aliphatic carbocycles. The first kappa shape index (κ1) is 9.01. The van der Waals surface area contributed by atoms with Crippen LogP contribution in [0.1, 0.15) is 33.1 Å². The van der Waals surface area contributed by atoms with Crippen molar-refractivity contribution in [2.45, 2.75) is 45.3 Å². The Kier molecular flexibility index (Phi) is 2.90. The van der Waals surface area contributed by atoms with E-state index in [2.05, 4.69) is 5.32 Å². The highest BCUT2D eigenvalue weighted by molar-refractivity contribution is 4.92. The lowest BCUT2D eigenvalue weighted by Gasteiger charge is -2.29. The van der Waals surface area contributed by atoms with Crippen molar-refractivity contribution in [3.63, 3.8) is 0 Å². The first-order valence-electron chi connectivity index (χ1n) is 4.29. The van der Waals surface area contributed by atoms with E-state index in [4.69, 9.17) is 0 Å². The Balaban J connectivity index is 0.000000605. The van der Waals surface area contributed by atoms with E-state index in [9.17, 15) is 5.11 Å². The first-order valence-corrected chi connectivity index (χ1v) is 4.29. The maximum absolute atomic E-state index is 9.52. The third kappa shape index (κ3) is 1.57. The average molecular weight is 157 g/mol. The number of hydrogen-bond acceptors (Lipinski definition) is 2. The fourth-order valence-corrected chi connectivity index (χ4v) is 2.32. The molecule has 1 saturated heterocycles. The molecule has 1 aliphatic heterocycles. The molecule has 3 atom stereocenters. The van der Waals surface area contributed by atoms with E-state index in [1.165, 1.54) is 19.3 Å². The highest BCUT2D eigenvalue weighted by atomic mass is 16.3. The summed E-state index contributed by atoms with van der Waals surface area (Å²) >= 11 is 0. The molecule has 2 fully saturated rings. The van der Waals surface area contributed by atoms with Crippen LogP contribution in [0.15, 0.2) is 0 Å². The normalized spacial score (nSPS) is 42.8. The highest BCUT2D eigenvalue weighted by Crippen LogP contribution is 2.30. The molecule has 1 heterocycles. The van der Waals surface area contributed by atoms with Crippen LogP contribution in [0.3, 0.4) is 0 Å². The number of hydrogen-bond donors (Lipinski definition) is 2. The minimum atomic E-state index is -0.0544. The van der Waals surface area contributed by atoms with Gasteiger partial charge in [0.15, 0.2) is 0 Å². The van der Waals surface area contributed by atoms with Gasteiger partial charge >= 0.3 is 0 Å². The van der Waals surface area contributed by atoms with E-state index in [1.807, 2.05) is 0 Å². The molecule has 0 bridgehead atoms.